The lowest BCUT2D eigenvalue weighted by Crippen LogP contribution is -2.38. The van der Waals surface area contributed by atoms with Crippen molar-refractivity contribution in [2.75, 3.05) is 10.7 Å². The van der Waals surface area contributed by atoms with Crippen LogP contribution in [0.1, 0.15) is 37.7 Å². The smallest absolute Gasteiger partial charge is 0.161 e. The third-order valence-electron chi connectivity index (χ3n) is 5.25. The van der Waals surface area contributed by atoms with E-state index in [1.54, 1.807) is 29.2 Å². The SMILES string of the molecule is CCSc1sccc1[C@H]1C(C#N)=C(N)N(c2ccccc2Cl)C2=C1C(=O)CCC2. The van der Waals surface area contributed by atoms with Crippen LogP contribution in [0.2, 0.25) is 5.02 Å². The first kappa shape index (κ1) is 20.1. The number of rotatable bonds is 4. The number of ketones is 1. The van der Waals surface area contributed by atoms with Crippen LogP contribution in [0.5, 0.6) is 0 Å². The van der Waals surface area contributed by atoms with E-state index in [2.05, 4.69) is 13.0 Å². The Morgan fingerprint density at radius 1 is 1.34 bits per heavy atom. The summed E-state index contributed by atoms with van der Waals surface area (Å²) < 4.78 is 1.13. The predicted molar refractivity (Wildman–Crippen MR) is 120 cm³/mol. The first-order valence-electron chi connectivity index (χ1n) is 9.49. The molecule has 1 aromatic carbocycles. The minimum absolute atomic E-state index is 0.0900. The topological polar surface area (TPSA) is 70.1 Å². The van der Waals surface area contributed by atoms with Crippen molar-refractivity contribution < 1.29 is 4.79 Å². The number of thiophene rings is 1. The molecule has 0 saturated carbocycles. The van der Waals surface area contributed by atoms with E-state index in [0.717, 1.165) is 34.1 Å². The second-order valence-electron chi connectivity index (χ2n) is 6.86. The Morgan fingerprint density at radius 3 is 2.86 bits per heavy atom. The summed E-state index contributed by atoms with van der Waals surface area (Å²) in [6, 6.07) is 11.7. The lowest BCUT2D eigenvalue weighted by atomic mass is 9.76. The largest absolute Gasteiger partial charge is 0.384 e. The maximum Gasteiger partial charge on any atom is 0.161 e. The summed E-state index contributed by atoms with van der Waals surface area (Å²) in [7, 11) is 0. The number of nitrogens with two attached hydrogens (primary N) is 1. The minimum Gasteiger partial charge on any atom is -0.384 e. The van der Waals surface area contributed by atoms with E-state index in [0.29, 0.717) is 34.1 Å². The van der Waals surface area contributed by atoms with Crippen molar-refractivity contribution in [2.24, 2.45) is 5.73 Å². The lowest BCUT2D eigenvalue weighted by molar-refractivity contribution is -0.116. The molecule has 0 fully saturated rings. The van der Waals surface area contributed by atoms with E-state index in [1.807, 2.05) is 34.5 Å². The molecule has 2 N–H and O–H groups in total. The number of halogens is 1. The fourth-order valence-electron chi connectivity index (χ4n) is 4.07. The monoisotopic (exact) mass is 441 g/mol. The van der Waals surface area contributed by atoms with E-state index >= 15 is 0 Å². The molecule has 4 nitrogen and oxygen atoms in total. The molecular weight excluding hydrogens is 422 g/mol. The van der Waals surface area contributed by atoms with Crippen molar-refractivity contribution in [3.63, 3.8) is 0 Å². The summed E-state index contributed by atoms with van der Waals surface area (Å²) in [5, 5.41) is 12.6. The van der Waals surface area contributed by atoms with Crippen LogP contribution in [0, 0.1) is 11.3 Å². The molecule has 148 valence electrons. The second-order valence-corrected chi connectivity index (χ2v) is 9.72. The molecule has 1 aliphatic heterocycles. The average Bonchev–Trinajstić information content (AvgIpc) is 3.16. The molecule has 0 amide bonds. The van der Waals surface area contributed by atoms with Gasteiger partial charge in [0.05, 0.1) is 32.5 Å². The van der Waals surface area contributed by atoms with Gasteiger partial charge in [-0.05, 0) is 47.7 Å². The van der Waals surface area contributed by atoms with Crippen molar-refractivity contribution in [1.29, 1.82) is 5.26 Å². The number of carbonyl (C=O) groups excluding carboxylic acids is 1. The third-order valence-corrected chi connectivity index (χ3v) is 7.72. The molecule has 0 unspecified atom stereocenters. The molecule has 7 heteroatoms. The number of carbonyl (C=O) groups is 1. The predicted octanol–water partition coefficient (Wildman–Crippen LogP) is 5.82. The number of nitrogens with zero attached hydrogens (tertiary/aromatic N) is 2. The van der Waals surface area contributed by atoms with Gasteiger partial charge in [-0.2, -0.15) is 5.26 Å². The summed E-state index contributed by atoms with van der Waals surface area (Å²) in [6.45, 7) is 2.10. The van der Waals surface area contributed by atoms with Crippen LogP contribution in [0.4, 0.5) is 5.69 Å². The Balaban J connectivity index is 1.98. The molecule has 2 aliphatic rings. The van der Waals surface area contributed by atoms with Gasteiger partial charge in [0, 0.05) is 17.7 Å². The number of benzene rings is 1. The van der Waals surface area contributed by atoms with Crippen LogP contribution < -0.4 is 10.6 Å². The van der Waals surface area contributed by atoms with E-state index < -0.39 is 5.92 Å². The van der Waals surface area contributed by atoms with E-state index in [-0.39, 0.29) is 5.78 Å². The molecule has 0 spiro atoms. The van der Waals surface area contributed by atoms with Crippen LogP contribution >= 0.6 is 34.7 Å². The Morgan fingerprint density at radius 2 is 2.14 bits per heavy atom. The highest BCUT2D eigenvalue weighted by Crippen LogP contribution is 2.49. The summed E-state index contributed by atoms with van der Waals surface area (Å²) in [5.74, 6) is 0.958. The van der Waals surface area contributed by atoms with Gasteiger partial charge in [0.25, 0.3) is 0 Å². The van der Waals surface area contributed by atoms with E-state index in [4.69, 9.17) is 17.3 Å². The normalized spacial score (nSPS) is 19.4. The number of thioether (sulfide) groups is 1. The van der Waals surface area contributed by atoms with Crippen molar-refractivity contribution in [3.05, 3.63) is 69.0 Å². The zero-order valence-corrected chi connectivity index (χ0v) is 18.3. The summed E-state index contributed by atoms with van der Waals surface area (Å²) in [5.41, 5.74) is 10.3. The molecule has 1 aromatic heterocycles. The third kappa shape index (κ3) is 3.38. The Labute approximate surface area is 183 Å². The first-order chi connectivity index (χ1) is 14.1. The fourth-order valence-corrected chi connectivity index (χ4v) is 6.36. The average molecular weight is 442 g/mol. The molecule has 2 aromatic rings. The molecule has 0 saturated heterocycles. The Kier molecular flexibility index (Phi) is 5.73. The Hall–Kier alpha value is -2.20. The highest BCUT2D eigenvalue weighted by molar-refractivity contribution is 8.01. The fraction of sp³-hybridized carbons (Fsp3) is 0.273. The van der Waals surface area contributed by atoms with Crippen LogP contribution in [0.3, 0.4) is 0 Å². The molecular formula is C22H20ClN3OS2. The van der Waals surface area contributed by atoms with Crippen molar-refractivity contribution in [1.82, 2.24) is 0 Å². The van der Waals surface area contributed by atoms with Gasteiger partial charge in [-0.1, -0.05) is 30.7 Å². The molecule has 29 heavy (non-hydrogen) atoms. The van der Waals surface area contributed by atoms with Gasteiger partial charge in [-0.3, -0.25) is 9.69 Å². The maximum absolute atomic E-state index is 13.1. The second kappa shape index (κ2) is 8.27. The van der Waals surface area contributed by atoms with Crippen molar-refractivity contribution in [2.45, 2.75) is 36.3 Å². The van der Waals surface area contributed by atoms with Crippen LogP contribution in [0.25, 0.3) is 0 Å². The highest BCUT2D eigenvalue weighted by Gasteiger charge is 2.41. The number of anilines is 1. The number of hydrogen-bond donors (Lipinski definition) is 1. The van der Waals surface area contributed by atoms with Gasteiger partial charge >= 0.3 is 0 Å². The van der Waals surface area contributed by atoms with Gasteiger partial charge in [-0.15, -0.1) is 23.1 Å². The quantitative estimate of drug-likeness (QED) is 0.605. The highest BCUT2D eigenvalue weighted by atomic mass is 35.5. The van der Waals surface area contributed by atoms with Gasteiger partial charge in [0.1, 0.15) is 5.82 Å². The zero-order chi connectivity index (χ0) is 20.5. The van der Waals surface area contributed by atoms with E-state index in [9.17, 15) is 10.1 Å². The molecule has 4 rings (SSSR count). The molecule has 0 bridgehead atoms. The van der Waals surface area contributed by atoms with Gasteiger partial charge in [0.15, 0.2) is 5.78 Å². The number of allylic oxidation sites excluding steroid dienone is 3. The van der Waals surface area contributed by atoms with Crippen LogP contribution in [-0.2, 0) is 4.79 Å². The number of Topliss-reactive ketones (excluding diaryl/α,β-unsaturated/α-hetero) is 1. The van der Waals surface area contributed by atoms with Crippen LogP contribution in [-0.4, -0.2) is 11.5 Å². The van der Waals surface area contributed by atoms with Crippen molar-refractivity contribution in [3.8, 4) is 6.07 Å². The van der Waals surface area contributed by atoms with Gasteiger partial charge in [0.2, 0.25) is 0 Å². The summed E-state index contributed by atoms with van der Waals surface area (Å²) in [4.78, 5) is 15.0. The molecule has 1 aliphatic carbocycles. The number of para-hydroxylation sites is 1. The van der Waals surface area contributed by atoms with Gasteiger partial charge < -0.3 is 5.73 Å². The standard InChI is InChI=1S/C22H20ClN3OS2/c1-2-28-22-13(10-11-29-22)19-14(12-24)21(25)26(16-7-4-3-6-15(16)23)17-8-5-9-18(27)20(17)19/h3-4,6-7,10-11,19H,2,5,8-9,25H2,1H3/t19-/m0/s1. The lowest BCUT2D eigenvalue weighted by Gasteiger charge is -2.39. The molecule has 1 atom stereocenters. The first-order valence-corrected chi connectivity index (χ1v) is 11.7. The van der Waals surface area contributed by atoms with Crippen LogP contribution in [0.15, 0.2) is 62.6 Å². The van der Waals surface area contributed by atoms with Crippen molar-refractivity contribution >= 4 is 46.2 Å². The zero-order valence-electron chi connectivity index (χ0n) is 15.9. The number of hydrogen-bond acceptors (Lipinski definition) is 6. The number of nitriles is 1. The Bertz CT molecular complexity index is 1080. The molecule has 0 radical (unpaired) electrons. The molecule has 2 heterocycles. The van der Waals surface area contributed by atoms with E-state index in [1.165, 1.54) is 0 Å². The summed E-state index contributed by atoms with van der Waals surface area (Å²) in [6.07, 6.45) is 1.98. The summed E-state index contributed by atoms with van der Waals surface area (Å²) >= 11 is 9.85. The minimum atomic E-state index is -0.415. The maximum atomic E-state index is 13.1. The van der Waals surface area contributed by atoms with Gasteiger partial charge in [-0.25, -0.2) is 0 Å².